The molecule has 11 heavy (non-hydrogen) atoms. The van der Waals surface area contributed by atoms with Crippen molar-refractivity contribution >= 4 is 16.5 Å². The molecule has 70 valence electrons. The van der Waals surface area contributed by atoms with Crippen molar-refractivity contribution in [2.45, 2.75) is 0 Å². The van der Waals surface area contributed by atoms with Gasteiger partial charge in [-0.25, -0.2) is 0 Å². The summed E-state index contributed by atoms with van der Waals surface area (Å²) in [5, 5.41) is 7.00. The molecule has 2 atom stereocenters. The molecule has 0 fully saturated rings. The Morgan fingerprint density at radius 3 is 1.27 bits per heavy atom. The normalized spacial score (nSPS) is 9.09. The lowest BCUT2D eigenvalue weighted by atomic mass is 11.8. The van der Waals surface area contributed by atoms with E-state index in [4.69, 9.17) is 5.11 Å². The molecular formula is CH12N2O6P2+2. The van der Waals surface area contributed by atoms with Gasteiger partial charge in [0.25, 0.3) is 0 Å². The molecule has 0 rings (SSSR count). The molecule has 2 unspecified atom stereocenters. The Hall–Kier alpha value is -0.0400. The van der Waals surface area contributed by atoms with Gasteiger partial charge in [0.1, 0.15) is 4.31 Å². The summed E-state index contributed by atoms with van der Waals surface area (Å²) in [6.07, 6.45) is 0. The van der Waals surface area contributed by atoms with Gasteiger partial charge in [0.2, 0.25) is 0 Å². The van der Waals surface area contributed by atoms with E-state index < -0.39 is 16.5 Å². The Kier molecular flexibility index (Phi) is 33.7. The molecule has 0 spiro atoms. The van der Waals surface area contributed by atoms with Crippen molar-refractivity contribution in [2.75, 3.05) is 7.11 Å². The van der Waals surface area contributed by atoms with Crippen LogP contribution in [0.2, 0.25) is 0 Å². The maximum atomic E-state index is 9.24. The first-order valence-corrected chi connectivity index (χ1v) is 3.73. The fraction of sp³-hybridized carbons (Fsp3) is 1.00. The van der Waals surface area contributed by atoms with E-state index in [1.165, 1.54) is 0 Å². The first-order chi connectivity index (χ1) is 4.13. The topological polar surface area (TPSA) is 183 Å². The van der Waals surface area contributed by atoms with Crippen LogP contribution in [0.5, 0.6) is 0 Å². The summed E-state index contributed by atoms with van der Waals surface area (Å²) in [6.45, 7) is 0. The summed E-state index contributed by atoms with van der Waals surface area (Å²) >= 11 is 0. The largest absolute Gasteiger partial charge is 0.563 e. The van der Waals surface area contributed by atoms with E-state index in [-0.39, 0.29) is 12.3 Å². The van der Waals surface area contributed by atoms with E-state index in [0.29, 0.717) is 0 Å². The van der Waals surface area contributed by atoms with E-state index in [2.05, 4.69) is 4.31 Å². The number of rotatable bonds is 2. The molecule has 0 saturated carbocycles. The predicted octanol–water partition coefficient (Wildman–Crippen LogP) is -0.601. The van der Waals surface area contributed by atoms with Gasteiger partial charge in [-0.15, -0.1) is 0 Å². The highest BCUT2D eigenvalue weighted by Crippen LogP contribution is 2.24. The van der Waals surface area contributed by atoms with E-state index in [1.807, 2.05) is 0 Å². The predicted molar refractivity (Wildman–Crippen MR) is 36.4 cm³/mol. The second-order valence-corrected chi connectivity index (χ2v) is 2.08. The zero-order chi connectivity index (χ0) is 7.86. The summed E-state index contributed by atoms with van der Waals surface area (Å²) in [7, 11) is -5.47. The molecule has 0 aromatic rings. The van der Waals surface area contributed by atoms with E-state index in [0.717, 1.165) is 7.11 Å². The van der Waals surface area contributed by atoms with Crippen LogP contribution in [0.15, 0.2) is 0 Å². The van der Waals surface area contributed by atoms with Gasteiger partial charge in [0, 0.05) is 7.11 Å². The van der Waals surface area contributed by atoms with Gasteiger partial charge >= 0.3 is 16.5 Å². The van der Waals surface area contributed by atoms with Crippen LogP contribution in [-0.4, -0.2) is 12.2 Å². The molecule has 0 aliphatic carbocycles. The number of quaternary nitrogens is 2. The second kappa shape index (κ2) is 16.5. The third-order valence-corrected chi connectivity index (χ3v) is 1.20. The first kappa shape index (κ1) is 22.4. The molecule has 0 aromatic carbocycles. The van der Waals surface area contributed by atoms with Crippen LogP contribution in [0, 0.1) is 0 Å². The van der Waals surface area contributed by atoms with Gasteiger partial charge in [-0.3, -0.25) is 0 Å². The average Bonchev–Trinajstić information content (AvgIpc) is 1.68. The monoisotopic (exact) mass is 210 g/mol. The molecule has 0 amide bonds. The second-order valence-electron chi connectivity index (χ2n) is 0.529. The van der Waals surface area contributed by atoms with Crippen LogP contribution in [0.4, 0.5) is 0 Å². The fourth-order valence-electron chi connectivity index (χ4n) is 0.0544. The number of hydrogen-bond acceptors (Lipinski definition) is 6. The SMILES string of the molecule is CO.O=[P+]([O-])O[P+](=O)[O-].[NH4+].[NH4+]. The van der Waals surface area contributed by atoms with Gasteiger partial charge in [-0.1, -0.05) is 0 Å². The molecule has 0 radical (unpaired) electrons. The van der Waals surface area contributed by atoms with Crippen molar-refractivity contribution in [1.82, 2.24) is 12.3 Å². The van der Waals surface area contributed by atoms with E-state index >= 15 is 0 Å². The Labute approximate surface area is 65.3 Å². The summed E-state index contributed by atoms with van der Waals surface area (Å²) in [4.78, 5) is 18.5. The van der Waals surface area contributed by atoms with Gasteiger partial charge in [-0.2, -0.15) is 0 Å². The Morgan fingerprint density at radius 2 is 1.27 bits per heavy atom. The Morgan fingerprint density at radius 1 is 1.09 bits per heavy atom. The van der Waals surface area contributed by atoms with Gasteiger partial charge in [-0.05, 0) is 9.13 Å². The van der Waals surface area contributed by atoms with Crippen LogP contribution in [0.25, 0.3) is 0 Å². The minimum Gasteiger partial charge on any atom is -0.563 e. The fourth-order valence-corrected chi connectivity index (χ4v) is 0.490. The molecule has 8 nitrogen and oxygen atoms in total. The lowest BCUT2D eigenvalue weighted by Crippen LogP contribution is -1.90. The highest BCUT2D eigenvalue weighted by molar-refractivity contribution is 7.44. The zero-order valence-corrected chi connectivity index (χ0v) is 8.17. The quantitative estimate of drug-likeness (QED) is 0.510. The van der Waals surface area contributed by atoms with Crippen molar-refractivity contribution in [2.24, 2.45) is 0 Å². The third kappa shape index (κ3) is 40.2. The molecule has 0 saturated heterocycles. The molecular weight excluding hydrogens is 198 g/mol. The van der Waals surface area contributed by atoms with Crippen molar-refractivity contribution in [3.63, 3.8) is 0 Å². The summed E-state index contributed by atoms with van der Waals surface area (Å²) in [5.41, 5.74) is 0. The lowest BCUT2D eigenvalue weighted by Gasteiger charge is -1.72. The van der Waals surface area contributed by atoms with Crippen LogP contribution in [-0.2, 0) is 13.4 Å². The van der Waals surface area contributed by atoms with Crippen LogP contribution in [0.1, 0.15) is 0 Å². The highest BCUT2D eigenvalue weighted by atomic mass is 31.2. The van der Waals surface area contributed by atoms with Crippen LogP contribution in [0.3, 0.4) is 0 Å². The molecule has 0 aromatic heterocycles. The van der Waals surface area contributed by atoms with Gasteiger partial charge in [0.15, 0.2) is 0 Å². The number of aliphatic hydroxyl groups is 1. The minimum atomic E-state index is -3.24. The third-order valence-electron chi connectivity index (χ3n) is 0.133. The van der Waals surface area contributed by atoms with Crippen molar-refractivity contribution in [3.8, 4) is 0 Å². The maximum absolute atomic E-state index is 9.24. The Balaban J connectivity index is -0.0000000564. The molecule has 10 heteroatoms. The van der Waals surface area contributed by atoms with Crippen molar-refractivity contribution in [3.05, 3.63) is 0 Å². The van der Waals surface area contributed by atoms with Crippen molar-refractivity contribution in [1.29, 1.82) is 0 Å². The van der Waals surface area contributed by atoms with Gasteiger partial charge in [0.05, 0.1) is 0 Å². The van der Waals surface area contributed by atoms with Crippen molar-refractivity contribution < 1.29 is 28.3 Å². The number of aliphatic hydroxyl groups excluding tert-OH is 1. The lowest BCUT2D eigenvalue weighted by molar-refractivity contribution is -0.198. The highest BCUT2D eigenvalue weighted by Gasteiger charge is 2.13. The molecule has 0 aliphatic rings. The minimum absolute atomic E-state index is 0. The Bertz CT molecular complexity index is 94.8. The maximum Gasteiger partial charge on any atom is 0.543 e. The molecule has 0 bridgehead atoms. The van der Waals surface area contributed by atoms with Gasteiger partial charge < -0.3 is 27.2 Å². The molecule has 0 heterocycles. The molecule has 0 aliphatic heterocycles. The van der Waals surface area contributed by atoms with Crippen LogP contribution >= 0.6 is 16.5 Å². The molecule has 9 N–H and O–H groups in total. The van der Waals surface area contributed by atoms with E-state index in [1.54, 1.807) is 0 Å². The smallest absolute Gasteiger partial charge is 0.543 e. The summed E-state index contributed by atoms with van der Waals surface area (Å²) in [6, 6.07) is 0. The first-order valence-electron chi connectivity index (χ1n) is 1.54. The zero-order valence-electron chi connectivity index (χ0n) is 6.38. The summed E-state index contributed by atoms with van der Waals surface area (Å²) in [5.74, 6) is 0. The standard InChI is InChI=1S/CH4O.2H3N.O5P2/c1-2;;;1-6(2)5-7(3)4/h2H,1H3;2*1H3;/p+2. The average molecular weight is 210 g/mol. The van der Waals surface area contributed by atoms with E-state index in [9.17, 15) is 18.9 Å². The summed E-state index contributed by atoms with van der Waals surface area (Å²) < 4.78 is 21.6. The number of hydrogen-bond donors (Lipinski definition) is 3. The van der Waals surface area contributed by atoms with Crippen LogP contribution < -0.4 is 22.1 Å².